The Morgan fingerprint density at radius 1 is 1.25 bits per heavy atom. The van der Waals surface area contributed by atoms with Crippen LogP contribution in [-0.2, 0) is 20.0 Å². The highest BCUT2D eigenvalue weighted by Crippen LogP contribution is 2.23. The van der Waals surface area contributed by atoms with Crippen LogP contribution >= 0.6 is 0 Å². The molecule has 1 amide bonds. The number of amides is 1. The molecule has 3 rings (SSSR count). The first-order valence-corrected chi connectivity index (χ1v) is 6.94. The van der Waals surface area contributed by atoms with Gasteiger partial charge in [-0.15, -0.1) is 0 Å². The van der Waals surface area contributed by atoms with Gasteiger partial charge in [0.25, 0.3) is 5.91 Å². The highest BCUT2D eigenvalue weighted by Gasteiger charge is 2.26. The van der Waals surface area contributed by atoms with E-state index in [-0.39, 0.29) is 5.91 Å². The van der Waals surface area contributed by atoms with Crippen molar-refractivity contribution < 1.29 is 4.79 Å². The van der Waals surface area contributed by atoms with E-state index in [9.17, 15) is 4.79 Å². The molecule has 0 fully saturated rings. The number of rotatable bonds is 1. The van der Waals surface area contributed by atoms with E-state index in [1.54, 1.807) is 0 Å². The van der Waals surface area contributed by atoms with E-state index >= 15 is 0 Å². The average molecular weight is 269 g/mol. The predicted molar refractivity (Wildman–Crippen MR) is 77.6 cm³/mol. The van der Waals surface area contributed by atoms with E-state index in [0.717, 1.165) is 35.5 Å². The van der Waals surface area contributed by atoms with Gasteiger partial charge in [0.15, 0.2) is 0 Å². The van der Waals surface area contributed by atoms with Gasteiger partial charge in [-0.1, -0.05) is 18.2 Å². The molecule has 0 spiro atoms. The minimum absolute atomic E-state index is 0.118. The van der Waals surface area contributed by atoms with E-state index in [0.29, 0.717) is 6.54 Å². The van der Waals surface area contributed by atoms with Crippen LogP contribution in [0.2, 0.25) is 0 Å². The molecule has 20 heavy (non-hydrogen) atoms. The first-order chi connectivity index (χ1) is 9.58. The van der Waals surface area contributed by atoms with Gasteiger partial charge < -0.3 is 4.90 Å². The van der Waals surface area contributed by atoms with Crippen LogP contribution in [0.15, 0.2) is 24.3 Å². The molecule has 0 unspecified atom stereocenters. The van der Waals surface area contributed by atoms with Crippen LogP contribution in [0.3, 0.4) is 0 Å². The van der Waals surface area contributed by atoms with Crippen molar-refractivity contribution in [2.45, 2.75) is 26.8 Å². The number of carbonyl (C=O) groups excluding carboxylic acids is 1. The largest absolute Gasteiger partial charge is 0.332 e. The number of aryl methyl sites for hydroxylation is 3. The monoisotopic (exact) mass is 269 g/mol. The molecule has 0 N–H and O–H groups in total. The first kappa shape index (κ1) is 12.9. The molecule has 0 saturated heterocycles. The van der Waals surface area contributed by atoms with Gasteiger partial charge in [-0.05, 0) is 37.5 Å². The minimum Gasteiger partial charge on any atom is -0.332 e. The van der Waals surface area contributed by atoms with Crippen LogP contribution in [0.4, 0.5) is 0 Å². The number of fused-ring (bicyclic) bond motifs is 1. The molecule has 1 aromatic heterocycles. The van der Waals surface area contributed by atoms with Crippen LogP contribution in [0.25, 0.3) is 0 Å². The second kappa shape index (κ2) is 4.78. The number of hydrogen-bond acceptors (Lipinski definition) is 2. The van der Waals surface area contributed by atoms with Gasteiger partial charge in [-0.3, -0.25) is 9.48 Å². The van der Waals surface area contributed by atoms with Crippen molar-refractivity contribution in [3.05, 3.63) is 52.3 Å². The Labute approximate surface area is 119 Å². The van der Waals surface area contributed by atoms with Crippen molar-refractivity contribution in [1.29, 1.82) is 0 Å². The summed E-state index contributed by atoms with van der Waals surface area (Å²) in [4.78, 5) is 14.6. The van der Waals surface area contributed by atoms with E-state index in [4.69, 9.17) is 0 Å². The molecule has 1 aliphatic heterocycles. The molecule has 0 atom stereocenters. The molecule has 0 aliphatic carbocycles. The Morgan fingerprint density at radius 3 is 2.75 bits per heavy atom. The molecule has 0 radical (unpaired) electrons. The highest BCUT2D eigenvalue weighted by atomic mass is 16.2. The lowest BCUT2D eigenvalue weighted by molar-refractivity contribution is 0.0729. The van der Waals surface area contributed by atoms with E-state index in [1.165, 1.54) is 5.56 Å². The highest BCUT2D eigenvalue weighted by molar-refractivity contribution is 5.95. The van der Waals surface area contributed by atoms with Crippen LogP contribution < -0.4 is 0 Å². The van der Waals surface area contributed by atoms with Gasteiger partial charge >= 0.3 is 0 Å². The fraction of sp³-hybridized carbons (Fsp3) is 0.375. The van der Waals surface area contributed by atoms with Crippen molar-refractivity contribution in [2.24, 2.45) is 7.05 Å². The molecule has 4 nitrogen and oxygen atoms in total. The van der Waals surface area contributed by atoms with Crippen molar-refractivity contribution >= 4 is 5.91 Å². The van der Waals surface area contributed by atoms with Crippen LogP contribution in [-0.4, -0.2) is 27.1 Å². The van der Waals surface area contributed by atoms with E-state index in [1.807, 2.05) is 54.7 Å². The molecular weight excluding hydrogens is 250 g/mol. The summed E-state index contributed by atoms with van der Waals surface area (Å²) >= 11 is 0. The average Bonchev–Trinajstić information content (AvgIpc) is 2.73. The maximum atomic E-state index is 12.6. The topological polar surface area (TPSA) is 38.1 Å². The number of nitrogens with zero attached hydrogens (tertiary/aromatic N) is 3. The SMILES string of the molecule is Cc1ccccc1C(=O)N1CCc2c(C)nn(C)c2C1. The van der Waals surface area contributed by atoms with Crippen LogP contribution in [0, 0.1) is 13.8 Å². The summed E-state index contributed by atoms with van der Waals surface area (Å²) in [6, 6.07) is 7.77. The normalized spacial score (nSPS) is 14.2. The third-order valence-corrected chi connectivity index (χ3v) is 4.11. The minimum atomic E-state index is 0.118. The van der Waals surface area contributed by atoms with Gasteiger partial charge in [0, 0.05) is 19.2 Å². The lowest BCUT2D eigenvalue weighted by atomic mass is 10.0. The van der Waals surface area contributed by atoms with Crippen LogP contribution in [0.1, 0.15) is 32.9 Å². The maximum Gasteiger partial charge on any atom is 0.254 e. The van der Waals surface area contributed by atoms with Crippen molar-refractivity contribution in [3.63, 3.8) is 0 Å². The zero-order chi connectivity index (χ0) is 14.3. The standard InChI is InChI=1S/C16H19N3O/c1-11-6-4-5-7-13(11)16(20)19-9-8-14-12(2)17-18(3)15(14)10-19/h4-7H,8-10H2,1-3H3. The van der Waals surface area contributed by atoms with Gasteiger partial charge in [0.05, 0.1) is 17.9 Å². The number of aromatic nitrogens is 2. The van der Waals surface area contributed by atoms with E-state index < -0.39 is 0 Å². The first-order valence-electron chi connectivity index (χ1n) is 6.94. The number of carbonyl (C=O) groups is 1. The summed E-state index contributed by atoms with van der Waals surface area (Å²) in [7, 11) is 1.95. The van der Waals surface area contributed by atoms with Crippen molar-refractivity contribution in [1.82, 2.24) is 14.7 Å². The fourth-order valence-corrected chi connectivity index (χ4v) is 2.94. The maximum absolute atomic E-state index is 12.6. The van der Waals surface area contributed by atoms with Gasteiger partial charge in [-0.2, -0.15) is 5.10 Å². The predicted octanol–water partition coefficient (Wildman–Crippen LogP) is 2.24. The Hall–Kier alpha value is -2.10. The summed E-state index contributed by atoms with van der Waals surface area (Å²) in [5.74, 6) is 0.118. The summed E-state index contributed by atoms with van der Waals surface area (Å²) in [5.41, 5.74) is 5.39. The second-order valence-corrected chi connectivity index (χ2v) is 5.43. The van der Waals surface area contributed by atoms with Crippen molar-refractivity contribution in [2.75, 3.05) is 6.54 Å². The Morgan fingerprint density at radius 2 is 2.00 bits per heavy atom. The molecule has 1 aliphatic rings. The van der Waals surface area contributed by atoms with Gasteiger partial charge in [-0.25, -0.2) is 0 Å². The molecular formula is C16H19N3O. The van der Waals surface area contributed by atoms with Crippen LogP contribution in [0.5, 0.6) is 0 Å². The van der Waals surface area contributed by atoms with Gasteiger partial charge in [0.1, 0.15) is 0 Å². The second-order valence-electron chi connectivity index (χ2n) is 5.43. The molecule has 104 valence electrons. The molecule has 2 heterocycles. The third-order valence-electron chi connectivity index (χ3n) is 4.11. The Balaban J connectivity index is 1.89. The zero-order valence-corrected chi connectivity index (χ0v) is 12.2. The molecule has 1 aromatic carbocycles. The smallest absolute Gasteiger partial charge is 0.254 e. The molecule has 4 heteroatoms. The molecule has 2 aromatic rings. The Kier molecular flexibility index (Phi) is 3.08. The van der Waals surface area contributed by atoms with Crippen molar-refractivity contribution in [3.8, 4) is 0 Å². The van der Waals surface area contributed by atoms with E-state index in [2.05, 4.69) is 5.10 Å². The summed E-state index contributed by atoms with van der Waals surface area (Å²) in [6.45, 7) is 5.45. The number of benzene rings is 1. The molecule has 0 saturated carbocycles. The summed E-state index contributed by atoms with van der Waals surface area (Å²) < 4.78 is 1.90. The third kappa shape index (κ3) is 2.01. The lowest BCUT2D eigenvalue weighted by Gasteiger charge is -2.28. The number of hydrogen-bond donors (Lipinski definition) is 0. The summed E-state index contributed by atoms with van der Waals surface area (Å²) in [6.07, 6.45) is 0.895. The summed E-state index contributed by atoms with van der Waals surface area (Å²) in [5, 5.41) is 4.46. The molecule has 0 bridgehead atoms. The zero-order valence-electron chi connectivity index (χ0n) is 12.2. The van der Waals surface area contributed by atoms with Gasteiger partial charge in [0.2, 0.25) is 0 Å². The lowest BCUT2D eigenvalue weighted by Crippen LogP contribution is -2.37. The quantitative estimate of drug-likeness (QED) is 0.796. The fourth-order valence-electron chi connectivity index (χ4n) is 2.94. The Bertz CT molecular complexity index is 672.